The lowest BCUT2D eigenvalue weighted by Crippen LogP contribution is -2.49. The summed E-state index contributed by atoms with van der Waals surface area (Å²) in [5.74, 6) is 0.643. The molecule has 2 N–H and O–H groups in total. The van der Waals surface area contributed by atoms with Crippen LogP contribution in [-0.4, -0.2) is 35.4 Å². The quantitative estimate of drug-likeness (QED) is 0.789. The number of benzene rings is 1. The number of rotatable bonds is 5. The van der Waals surface area contributed by atoms with Gasteiger partial charge in [-0.3, -0.25) is 14.9 Å². The largest absolute Gasteiger partial charge is 0.497 e. The number of nitrogens with one attached hydrogen (secondary N) is 2. The fourth-order valence-corrected chi connectivity index (χ4v) is 3.89. The summed E-state index contributed by atoms with van der Waals surface area (Å²) in [5.41, 5.74) is 1.32. The summed E-state index contributed by atoms with van der Waals surface area (Å²) in [7, 11) is 1.62. The Labute approximate surface area is 145 Å². The average molecular weight is 343 g/mol. The maximum atomic E-state index is 12.6. The highest BCUT2D eigenvalue weighted by molar-refractivity contribution is 6.07. The Balaban J connectivity index is 1.41. The van der Waals surface area contributed by atoms with Crippen LogP contribution in [0.5, 0.6) is 5.75 Å². The highest BCUT2D eigenvalue weighted by Gasteiger charge is 2.55. The summed E-state index contributed by atoms with van der Waals surface area (Å²) in [4.78, 5) is 38.2. The maximum Gasteiger partial charge on any atom is 0.322 e. The van der Waals surface area contributed by atoms with Gasteiger partial charge in [0.25, 0.3) is 5.91 Å². The second-order valence-corrected chi connectivity index (χ2v) is 7.04. The van der Waals surface area contributed by atoms with Crippen molar-refractivity contribution < 1.29 is 19.1 Å². The van der Waals surface area contributed by atoms with Crippen LogP contribution in [0.3, 0.4) is 0 Å². The Hall–Kier alpha value is -2.57. The molecule has 2 aliphatic heterocycles. The normalized spacial score (nSPS) is 24.8. The Morgan fingerprint density at radius 2 is 2.04 bits per heavy atom. The van der Waals surface area contributed by atoms with Gasteiger partial charge in [0.1, 0.15) is 11.3 Å². The Bertz CT molecular complexity index is 759. The van der Waals surface area contributed by atoms with Gasteiger partial charge in [-0.2, -0.15) is 0 Å². The van der Waals surface area contributed by atoms with Crippen molar-refractivity contribution in [3.8, 4) is 5.75 Å². The number of urea groups is 1. The molecule has 132 valence electrons. The van der Waals surface area contributed by atoms with Crippen molar-refractivity contribution in [3.05, 3.63) is 29.3 Å². The van der Waals surface area contributed by atoms with Crippen LogP contribution in [-0.2, 0) is 22.7 Å². The number of hydrogen-bond donors (Lipinski definition) is 2. The molecule has 0 radical (unpaired) electrons. The highest BCUT2D eigenvalue weighted by atomic mass is 16.5. The molecule has 1 saturated carbocycles. The first-order chi connectivity index (χ1) is 12.0. The third-order valence-electron chi connectivity index (χ3n) is 5.46. The Morgan fingerprint density at radius 3 is 2.68 bits per heavy atom. The number of carbonyl (C=O) groups excluding carboxylic acids is 3. The summed E-state index contributed by atoms with van der Waals surface area (Å²) in [6.45, 7) is 1.13. The van der Waals surface area contributed by atoms with E-state index in [2.05, 4.69) is 10.6 Å². The molecule has 0 aromatic heterocycles. The summed E-state index contributed by atoms with van der Waals surface area (Å²) in [6, 6.07) is 5.38. The molecule has 2 fully saturated rings. The smallest absolute Gasteiger partial charge is 0.322 e. The molecule has 0 spiro atoms. The second kappa shape index (κ2) is 5.75. The highest BCUT2D eigenvalue weighted by Crippen LogP contribution is 2.44. The molecular weight excluding hydrogens is 322 g/mol. The number of carbonyl (C=O) groups is 3. The molecule has 7 nitrogen and oxygen atoms in total. The predicted molar refractivity (Wildman–Crippen MR) is 88.6 cm³/mol. The maximum absolute atomic E-state index is 12.6. The summed E-state index contributed by atoms with van der Waals surface area (Å²) in [6.07, 6.45) is 2.42. The van der Waals surface area contributed by atoms with Gasteiger partial charge in [-0.15, -0.1) is 0 Å². The molecule has 0 bridgehead atoms. The number of ether oxygens (including phenoxy) is 1. The van der Waals surface area contributed by atoms with E-state index in [0.717, 1.165) is 29.7 Å². The van der Waals surface area contributed by atoms with Crippen molar-refractivity contribution in [2.45, 2.75) is 44.3 Å². The lowest BCUT2D eigenvalue weighted by molar-refractivity contribution is -0.133. The van der Waals surface area contributed by atoms with Crippen molar-refractivity contribution in [1.82, 2.24) is 15.5 Å². The van der Waals surface area contributed by atoms with Crippen LogP contribution in [0.25, 0.3) is 0 Å². The minimum absolute atomic E-state index is 0.00383. The molecule has 1 atom stereocenters. The number of hydrogen-bond acceptors (Lipinski definition) is 4. The van der Waals surface area contributed by atoms with Crippen molar-refractivity contribution in [1.29, 1.82) is 0 Å². The number of methoxy groups -OCH3 is 1. The monoisotopic (exact) mass is 343 g/mol. The van der Waals surface area contributed by atoms with E-state index in [-0.39, 0.29) is 24.2 Å². The topological polar surface area (TPSA) is 87.7 Å². The fourth-order valence-electron chi connectivity index (χ4n) is 3.89. The van der Waals surface area contributed by atoms with Gasteiger partial charge in [0, 0.05) is 19.5 Å². The number of amides is 4. The molecule has 1 aromatic carbocycles. The zero-order valence-corrected chi connectivity index (χ0v) is 14.1. The number of nitrogens with zero attached hydrogens (tertiary/aromatic N) is 1. The van der Waals surface area contributed by atoms with Crippen molar-refractivity contribution in [2.75, 3.05) is 7.11 Å². The van der Waals surface area contributed by atoms with E-state index >= 15 is 0 Å². The molecule has 1 aromatic rings. The van der Waals surface area contributed by atoms with Crippen molar-refractivity contribution >= 4 is 17.8 Å². The molecule has 0 unspecified atom stereocenters. The first kappa shape index (κ1) is 15.9. The Kier molecular flexibility index (Phi) is 3.67. The zero-order chi connectivity index (χ0) is 17.6. The van der Waals surface area contributed by atoms with E-state index in [1.54, 1.807) is 12.0 Å². The molecule has 4 rings (SSSR count). The average Bonchev–Trinajstić information content (AvgIpc) is 3.29. The van der Waals surface area contributed by atoms with E-state index in [0.29, 0.717) is 19.5 Å². The molecule has 3 aliphatic rings. The van der Waals surface area contributed by atoms with E-state index in [1.807, 2.05) is 18.2 Å². The van der Waals surface area contributed by atoms with E-state index in [1.165, 1.54) is 0 Å². The van der Waals surface area contributed by atoms with Gasteiger partial charge in [0.05, 0.1) is 7.11 Å². The van der Waals surface area contributed by atoms with E-state index in [4.69, 9.17) is 4.74 Å². The van der Waals surface area contributed by atoms with Crippen LogP contribution >= 0.6 is 0 Å². The Morgan fingerprint density at radius 1 is 1.28 bits per heavy atom. The van der Waals surface area contributed by atoms with Gasteiger partial charge < -0.3 is 15.0 Å². The first-order valence-electron chi connectivity index (χ1n) is 8.59. The lowest BCUT2D eigenvalue weighted by Gasteiger charge is -2.26. The standard InChI is InChI=1S/C18H21N3O4/c1-25-14-5-2-11-9-21(10-12(11)8-14)15(22)6-7-18(13-3-4-13)16(23)19-17(24)20-18/h2,5,8,13H,3-4,6-7,9-10H2,1H3,(H2,19,20,23,24)/t18-/m0/s1. The molecule has 1 aliphatic carbocycles. The van der Waals surface area contributed by atoms with Crippen LogP contribution < -0.4 is 15.4 Å². The summed E-state index contributed by atoms with van der Waals surface area (Å²) < 4.78 is 5.23. The third-order valence-corrected chi connectivity index (χ3v) is 5.46. The summed E-state index contributed by atoms with van der Waals surface area (Å²) >= 11 is 0. The van der Waals surface area contributed by atoms with Crippen LogP contribution in [0.1, 0.15) is 36.8 Å². The first-order valence-corrected chi connectivity index (χ1v) is 8.59. The third kappa shape index (κ3) is 2.73. The molecule has 4 amide bonds. The van der Waals surface area contributed by atoms with Gasteiger partial charge in [0.15, 0.2) is 0 Å². The molecular formula is C18H21N3O4. The molecule has 7 heteroatoms. The van der Waals surface area contributed by atoms with Crippen LogP contribution in [0.4, 0.5) is 4.79 Å². The molecule has 1 saturated heterocycles. The zero-order valence-electron chi connectivity index (χ0n) is 14.1. The lowest BCUT2D eigenvalue weighted by atomic mass is 9.88. The minimum Gasteiger partial charge on any atom is -0.497 e. The molecule has 25 heavy (non-hydrogen) atoms. The van der Waals surface area contributed by atoms with Crippen molar-refractivity contribution in [3.63, 3.8) is 0 Å². The van der Waals surface area contributed by atoms with Crippen molar-refractivity contribution in [2.24, 2.45) is 5.92 Å². The van der Waals surface area contributed by atoms with Crippen LogP contribution in [0.15, 0.2) is 18.2 Å². The van der Waals surface area contributed by atoms with Gasteiger partial charge in [-0.25, -0.2) is 4.79 Å². The molecule has 2 heterocycles. The van der Waals surface area contributed by atoms with E-state index in [9.17, 15) is 14.4 Å². The van der Waals surface area contributed by atoms with Crippen LogP contribution in [0.2, 0.25) is 0 Å². The number of fused-ring (bicyclic) bond motifs is 1. The van der Waals surface area contributed by atoms with Gasteiger partial charge >= 0.3 is 6.03 Å². The van der Waals surface area contributed by atoms with Gasteiger partial charge in [0.2, 0.25) is 5.91 Å². The number of imide groups is 1. The van der Waals surface area contributed by atoms with Gasteiger partial charge in [-0.1, -0.05) is 6.07 Å². The second-order valence-electron chi connectivity index (χ2n) is 7.04. The SMILES string of the molecule is COc1ccc2c(c1)CN(C(=O)CC[C@@]1(C3CC3)NC(=O)NC1=O)C2. The predicted octanol–water partition coefficient (Wildman–Crippen LogP) is 1.31. The van der Waals surface area contributed by atoms with Crippen LogP contribution in [0, 0.1) is 5.92 Å². The van der Waals surface area contributed by atoms with Gasteiger partial charge in [-0.05, 0) is 48.4 Å². The fraction of sp³-hybridized carbons (Fsp3) is 0.500. The minimum atomic E-state index is -0.900. The van der Waals surface area contributed by atoms with E-state index < -0.39 is 11.6 Å². The summed E-state index contributed by atoms with van der Waals surface area (Å²) in [5, 5.41) is 5.09.